The smallest absolute Gasteiger partial charge is 0.188 e. The first-order valence-electron chi connectivity index (χ1n) is 7.14. The second kappa shape index (κ2) is 7.21. The van der Waals surface area contributed by atoms with Gasteiger partial charge >= 0.3 is 0 Å². The van der Waals surface area contributed by atoms with Gasteiger partial charge in [0.2, 0.25) is 0 Å². The quantitative estimate of drug-likeness (QED) is 0.287. The van der Waals surface area contributed by atoms with Gasteiger partial charge in [0.1, 0.15) is 0 Å². The lowest BCUT2D eigenvalue weighted by Gasteiger charge is -2.09. The number of rotatable bonds is 3. The van der Waals surface area contributed by atoms with Crippen LogP contribution in [0.3, 0.4) is 0 Å². The van der Waals surface area contributed by atoms with Gasteiger partial charge in [-0.2, -0.15) is 0 Å². The van der Waals surface area contributed by atoms with Gasteiger partial charge in [0.15, 0.2) is 5.69 Å². The molecule has 0 saturated carbocycles. The minimum Gasteiger partial charge on any atom is -0.247 e. The number of benzene rings is 3. The standard InChI is InChI=1S/C20H13IN2/c1-22-17-12-13-19(18(21)14-17)23-20(15-8-4-2-5-9-15)16-10-6-3-7-11-16/h2-14H. The number of nitrogens with zero attached hydrogens (tertiary/aromatic N) is 2. The molecule has 0 radical (unpaired) electrons. The average Bonchev–Trinajstić information content (AvgIpc) is 2.62. The third-order valence-corrected chi connectivity index (χ3v) is 4.25. The molecule has 110 valence electrons. The predicted molar refractivity (Wildman–Crippen MR) is 104 cm³/mol. The van der Waals surface area contributed by atoms with Crippen molar-refractivity contribution >= 4 is 39.7 Å². The number of hydrogen-bond acceptors (Lipinski definition) is 1. The van der Waals surface area contributed by atoms with Crippen molar-refractivity contribution in [1.82, 2.24) is 0 Å². The lowest BCUT2D eigenvalue weighted by atomic mass is 10.0. The molecular weight excluding hydrogens is 395 g/mol. The van der Waals surface area contributed by atoms with E-state index in [0.29, 0.717) is 5.69 Å². The Labute approximate surface area is 149 Å². The average molecular weight is 408 g/mol. The van der Waals surface area contributed by atoms with Gasteiger partial charge in [-0.15, -0.1) is 0 Å². The molecule has 0 aliphatic heterocycles. The molecule has 0 atom stereocenters. The van der Waals surface area contributed by atoms with E-state index in [1.54, 1.807) is 0 Å². The summed E-state index contributed by atoms with van der Waals surface area (Å²) in [6, 6.07) is 25.9. The number of halogens is 1. The van der Waals surface area contributed by atoms with Crippen LogP contribution < -0.4 is 0 Å². The second-order valence-corrected chi connectivity index (χ2v) is 6.10. The molecule has 3 rings (SSSR count). The normalized spacial score (nSPS) is 9.91. The summed E-state index contributed by atoms with van der Waals surface area (Å²) < 4.78 is 0.973. The summed E-state index contributed by atoms with van der Waals surface area (Å²) >= 11 is 2.23. The molecule has 0 amide bonds. The summed E-state index contributed by atoms with van der Waals surface area (Å²) in [6.07, 6.45) is 0. The fraction of sp³-hybridized carbons (Fsp3) is 0. The van der Waals surface area contributed by atoms with Crippen molar-refractivity contribution in [2.75, 3.05) is 0 Å². The third kappa shape index (κ3) is 3.66. The maximum Gasteiger partial charge on any atom is 0.188 e. The highest BCUT2D eigenvalue weighted by atomic mass is 127. The maximum absolute atomic E-state index is 7.11. The van der Waals surface area contributed by atoms with E-state index in [9.17, 15) is 0 Å². The van der Waals surface area contributed by atoms with E-state index in [0.717, 1.165) is 26.1 Å². The maximum atomic E-state index is 7.11. The molecule has 3 aromatic rings. The minimum atomic E-state index is 0.634. The lowest BCUT2D eigenvalue weighted by molar-refractivity contribution is 1.45. The lowest BCUT2D eigenvalue weighted by Crippen LogP contribution is -2.02. The monoisotopic (exact) mass is 408 g/mol. The predicted octanol–water partition coefficient (Wildman–Crippen LogP) is 6.01. The van der Waals surface area contributed by atoms with Gasteiger partial charge in [-0.1, -0.05) is 66.7 Å². The molecular formula is C20H13IN2. The Morgan fingerprint density at radius 3 is 1.87 bits per heavy atom. The van der Waals surface area contributed by atoms with Crippen LogP contribution in [0, 0.1) is 10.1 Å². The minimum absolute atomic E-state index is 0.634. The summed E-state index contributed by atoms with van der Waals surface area (Å²) in [5, 5.41) is 0. The van der Waals surface area contributed by atoms with E-state index in [1.807, 2.05) is 54.6 Å². The van der Waals surface area contributed by atoms with E-state index < -0.39 is 0 Å². The summed E-state index contributed by atoms with van der Waals surface area (Å²) in [5.41, 5.74) is 4.59. The van der Waals surface area contributed by atoms with Gasteiger partial charge in [0, 0.05) is 14.7 Å². The molecule has 0 fully saturated rings. The van der Waals surface area contributed by atoms with Gasteiger partial charge in [0.05, 0.1) is 18.0 Å². The van der Waals surface area contributed by atoms with Gasteiger partial charge < -0.3 is 0 Å². The van der Waals surface area contributed by atoms with Crippen LogP contribution in [-0.2, 0) is 0 Å². The van der Waals surface area contributed by atoms with Crippen molar-refractivity contribution in [2.24, 2.45) is 4.99 Å². The van der Waals surface area contributed by atoms with Gasteiger partial charge in [-0.05, 0) is 34.7 Å². The fourth-order valence-corrected chi connectivity index (χ4v) is 2.88. The van der Waals surface area contributed by atoms with Gasteiger partial charge in [-0.25, -0.2) is 9.84 Å². The highest BCUT2D eigenvalue weighted by molar-refractivity contribution is 14.1. The molecule has 0 N–H and O–H groups in total. The van der Waals surface area contributed by atoms with Gasteiger partial charge in [-0.3, -0.25) is 0 Å². The molecule has 23 heavy (non-hydrogen) atoms. The van der Waals surface area contributed by atoms with Gasteiger partial charge in [0.25, 0.3) is 0 Å². The molecule has 0 aliphatic carbocycles. The molecule has 0 spiro atoms. The van der Waals surface area contributed by atoms with E-state index >= 15 is 0 Å². The Balaban J connectivity index is 2.15. The zero-order valence-corrected chi connectivity index (χ0v) is 14.4. The SMILES string of the molecule is [C-]#[N+]c1ccc(N=C(c2ccccc2)c2ccccc2)c(I)c1. The largest absolute Gasteiger partial charge is 0.247 e. The molecule has 0 saturated heterocycles. The van der Waals surface area contributed by atoms with Crippen LogP contribution >= 0.6 is 22.6 Å². The van der Waals surface area contributed by atoms with Crippen LogP contribution in [-0.4, -0.2) is 5.71 Å². The first kappa shape index (κ1) is 15.4. The van der Waals surface area contributed by atoms with Crippen LogP contribution in [0.15, 0.2) is 83.9 Å². The van der Waals surface area contributed by atoms with Crippen LogP contribution in [0.25, 0.3) is 4.85 Å². The number of hydrogen-bond donors (Lipinski definition) is 0. The Morgan fingerprint density at radius 2 is 1.39 bits per heavy atom. The molecule has 2 nitrogen and oxygen atoms in total. The Kier molecular flexibility index (Phi) is 4.84. The Bertz CT molecular complexity index is 837. The molecule has 0 bridgehead atoms. The third-order valence-electron chi connectivity index (χ3n) is 3.39. The number of aliphatic imine (C=N–C) groups is 1. The van der Waals surface area contributed by atoms with E-state index in [2.05, 4.69) is 51.7 Å². The van der Waals surface area contributed by atoms with E-state index in [-0.39, 0.29) is 0 Å². The van der Waals surface area contributed by atoms with Crippen LogP contribution in [0.5, 0.6) is 0 Å². The highest BCUT2D eigenvalue weighted by Crippen LogP contribution is 2.28. The Morgan fingerprint density at radius 1 is 0.826 bits per heavy atom. The first-order chi connectivity index (χ1) is 11.3. The fourth-order valence-electron chi connectivity index (χ4n) is 2.26. The Hall–Kier alpha value is -2.45. The highest BCUT2D eigenvalue weighted by Gasteiger charge is 2.08. The van der Waals surface area contributed by atoms with Crippen molar-refractivity contribution in [3.05, 3.63) is 105 Å². The zero-order chi connectivity index (χ0) is 16.1. The van der Waals surface area contributed by atoms with Crippen LogP contribution in [0.1, 0.15) is 11.1 Å². The van der Waals surface area contributed by atoms with E-state index in [1.165, 1.54) is 0 Å². The first-order valence-corrected chi connectivity index (χ1v) is 8.22. The molecule has 0 aromatic heterocycles. The molecule has 3 heteroatoms. The van der Waals surface area contributed by atoms with Crippen molar-refractivity contribution in [3.63, 3.8) is 0 Å². The topological polar surface area (TPSA) is 16.7 Å². The molecule has 0 aliphatic rings. The van der Waals surface area contributed by atoms with Crippen LogP contribution in [0.4, 0.5) is 11.4 Å². The summed E-state index contributed by atoms with van der Waals surface area (Å²) in [6.45, 7) is 7.11. The van der Waals surface area contributed by atoms with Crippen molar-refractivity contribution in [3.8, 4) is 0 Å². The summed E-state index contributed by atoms with van der Waals surface area (Å²) in [4.78, 5) is 8.35. The summed E-state index contributed by atoms with van der Waals surface area (Å²) in [7, 11) is 0. The van der Waals surface area contributed by atoms with Crippen LogP contribution in [0.2, 0.25) is 0 Å². The molecule has 3 aromatic carbocycles. The summed E-state index contributed by atoms with van der Waals surface area (Å²) in [5.74, 6) is 0. The zero-order valence-electron chi connectivity index (χ0n) is 12.3. The van der Waals surface area contributed by atoms with Crippen molar-refractivity contribution in [2.45, 2.75) is 0 Å². The second-order valence-electron chi connectivity index (χ2n) is 4.94. The molecule has 0 heterocycles. The molecule has 0 unspecified atom stereocenters. The van der Waals surface area contributed by atoms with Crippen molar-refractivity contribution < 1.29 is 0 Å². The van der Waals surface area contributed by atoms with E-state index in [4.69, 9.17) is 11.6 Å². The van der Waals surface area contributed by atoms with Crippen molar-refractivity contribution in [1.29, 1.82) is 0 Å².